The van der Waals surface area contributed by atoms with E-state index < -0.39 is 4.92 Å². The summed E-state index contributed by atoms with van der Waals surface area (Å²) in [6, 6.07) is 3.97. The van der Waals surface area contributed by atoms with Crippen LogP contribution in [0, 0.1) is 10.1 Å². The Morgan fingerprint density at radius 1 is 1.23 bits per heavy atom. The number of aromatic nitrogens is 2. The summed E-state index contributed by atoms with van der Waals surface area (Å²) in [6.07, 6.45) is 2.50. The molecule has 0 radical (unpaired) electrons. The molecule has 2 aromatic rings. The summed E-state index contributed by atoms with van der Waals surface area (Å²) >= 11 is 7.55. The third-order valence-corrected chi connectivity index (χ3v) is 4.71. The number of anilines is 1. The molecule has 3 rings (SSSR count). The molecule has 2 aromatic heterocycles. The zero-order chi connectivity index (χ0) is 15.5. The van der Waals surface area contributed by atoms with Gasteiger partial charge < -0.3 is 4.90 Å². The van der Waals surface area contributed by atoms with Gasteiger partial charge in [-0.3, -0.25) is 15.0 Å². The molecule has 3 heterocycles. The Kier molecular flexibility index (Phi) is 4.51. The van der Waals surface area contributed by atoms with Gasteiger partial charge in [-0.05, 0) is 12.1 Å². The second kappa shape index (κ2) is 6.55. The molecule has 0 spiro atoms. The summed E-state index contributed by atoms with van der Waals surface area (Å²) in [5.74, 6) is 0.546. The fourth-order valence-corrected chi connectivity index (χ4v) is 3.47. The zero-order valence-electron chi connectivity index (χ0n) is 11.7. The molecular weight excluding hydrogens is 326 g/mol. The lowest BCUT2D eigenvalue weighted by Gasteiger charge is -2.34. The molecular formula is C13H14ClN5O2S. The van der Waals surface area contributed by atoms with Crippen LogP contribution in [0.4, 0.5) is 11.6 Å². The summed E-state index contributed by atoms with van der Waals surface area (Å²) < 4.78 is 0.813. The summed E-state index contributed by atoms with van der Waals surface area (Å²) in [7, 11) is 0. The quantitative estimate of drug-likeness (QED) is 0.629. The lowest BCUT2D eigenvalue weighted by Crippen LogP contribution is -2.46. The standard InChI is InChI=1S/C13H14ClN5O2S/c14-12-2-1-11(22-12)9-17-3-5-18(6-4-17)13-15-7-10(8-16-13)19(20)21/h1-2,7-8H,3-6,9H2. The molecule has 1 saturated heterocycles. The highest BCUT2D eigenvalue weighted by atomic mass is 35.5. The van der Waals surface area contributed by atoms with E-state index >= 15 is 0 Å². The first-order valence-corrected chi connectivity index (χ1v) is 7.99. The Labute approximate surface area is 136 Å². The third kappa shape index (κ3) is 3.52. The van der Waals surface area contributed by atoms with Gasteiger partial charge in [-0.15, -0.1) is 11.3 Å². The van der Waals surface area contributed by atoms with Crippen molar-refractivity contribution in [2.24, 2.45) is 0 Å². The normalized spacial score (nSPS) is 16.0. The SMILES string of the molecule is O=[N+]([O-])c1cnc(N2CCN(Cc3ccc(Cl)s3)CC2)nc1. The monoisotopic (exact) mass is 339 g/mol. The number of thiophene rings is 1. The molecule has 7 nitrogen and oxygen atoms in total. The molecule has 0 atom stereocenters. The minimum atomic E-state index is -0.492. The van der Waals surface area contributed by atoms with Crippen LogP contribution in [0.3, 0.4) is 0 Å². The molecule has 1 aliphatic rings. The minimum absolute atomic E-state index is 0.0861. The molecule has 0 aliphatic carbocycles. The molecule has 116 valence electrons. The number of nitrogens with zero attached hydrogens (tertiary/aromatic N) is 5. The Hall–Kier alpha value is -1.77. The van der Waals surface area contributed by atoms with Crippen LogP contribution in [0.5, 0.6) is 0 Å². The van der Waals surface area contributed by atoms with Crippen LogP contribution in [0.2, 0.25) is 4.34 Å². The van der Waals surface area contributed by atoms with Gasteiger partial charge in [0.2, 0.25) is 5.95 Å². The average molecular weight is 340 g/mol. The van der Waals surface area contributed by atoms with Crippen molar-refractivity contribution in [3.05, 3.63) is 43.9 Å². The van der Waals surface area contributed by atoms with Crippen LogP contribution in [-0.4, -0.2) is 46.0 Å². The van der Waals surface area contributed by atoms with Crippen LogP contribution in [-0.2, 0) is 6.54 Å². The number of rotatable bonds is 4. The Morgan fingerprint density at radius 2 is 1.91 bits per heavy atom. The van der Waals surface area contributed by atoms with E-state index in [1.54, 1.807) is 11.3 Å². The summed E-state index contributed by atoms with van der Waals surface area (Å²) in [5, 5.41) is 10.6. The highest BCUT2D eigenvalue weighted by molar-refractivity contribution is 7.16. The van der Waals surface area contributed by atoms with Crippen molar-refractivity contribution in [2.45, 2.75) is 6.54 Å². The van der Waals surface area contributed by atoms with Crippen molar-refractivity contribution in [1.82, 2.24) is 14.9 Å². The Balaban J connectivity index is 1.56. The fraction of sp³-hybridized carbons (Fsp3) is 0.385. The Bertz CT molecular complexity index is 655. The second-order valence-corrected chi connectivity index (χ2v) is 6.77. The minimum Gasteiger partial charge on any atom is -0.338 e. The van der Waals surface area contributed by atoms with Gasteiger partial charge in [-0.25, -0.2) is 9.97 Å². The van der Waals surface area contributed by atoms with E-state index in [9.17, 15) is 10.1 Å². The number of hydrogen-bond acceptors (Lipinski definition) is 7. The topological polar surface area (TPSA) is 75.4 Å². The summed E-state index contributed by atoms with van der Waals surface area (Å²) in [5.41, 5.74) is -0.0861. The van der Waals surface area contributed by atoms with Crippen LogP contribution in [0.25, 0.3) is 0 Å². The lowest BCUT2D eigenvalue weighted by atomic mass is 10.3. The van der Waals surface area contributed by atoms with Gasteiger partial charge in [0.05, 0.1) is 9.26 Å². The lowest BCUT2D eigenvalue weighted by molar-refractivity contribution is -0.385. The van der Waals surface area contributed by atoms with Gasteiger partial charge in [0.15, 0.2) is 0 Å². The van der Waals surface area contributed by atoms with Gasteiger partial charge in [0.25, 0.3) is 0 Å². The molecule has 0 amide bonds. The third-order valence-electron chi connectivity index (χ3n) is 3.50. The molecule has 0 bridgehead atoms. The van der Waals surface area contributed by atoms with Crippen molar-refractivity contribution in [2.75, 3.05) is 31.1 Å². The highest BCUT2D eigenvalue weighted by Crippen LogP contribution is 2.23. The number of hydrogen-bond donors (Lipinski definition) is 0. The second-order valence-electron chi connectivity index (χ2n) is 4.97. The molecule has 0 unspecified atom stereocenters. The molecule has 1 aliphatic heterocycles. The van der Waals surface area contributed by atoms with Crippen molar-refractivity contribution < 1.29 is 4.92 Å². The van der Waals surface area contributed by atoms with Crippen molar-refractivity contribution in [3.8, 4) is 0 Å². The largest absolute Gasteiger partial charge is 0.338 e. The number of halogens is 1. The summed E-state index contributed by atoms with van der Waals surface area (Å²) in [6.45, 7) is 4.30. The first-order chi connectivity index (χ1) is 10.6. The molecule has 0 aromatic carbocycles. The first kappa shape index (κ1) is 15.1. The van der Waals surface area contributed by atoms with Crippen LogP contribution >= 0.6 is 22.9 Å². The maximum atomic E-state index is 10.6. The van der Waals surface area contributed by atoms with Crippen LogP contribution in [0.1, 0.15) is 4.88 Å². The average Bonchev–Trinajstić information content (AvgIpc) is 2.93. The van der Waals surface area contributed by atoms with Crippen LogP contribution in [0.15, 0.2) is 24.5 Å². The van der Waals surface area contributed by atoms with E-state index in [0.29, 0.717) is 5.95 Å². The maximum Gasteiger partial charge on any atom is 0.305 e. The van der Waals surface area contributed by atoms with Gasteiger partial charge in [0.1, 0.15) is 12.4 Å². The van der Waals surface area contributed by atoms with E-state index in [4.69, 9.17) is 11.6 Å². The number of piperazine rings is 1. The molecule has 1 fully saturated rings. The number of nitro groups is 1. The predicted octanol–water partition coefficient (Wildman–Crippen LogP) is 2.42. The Morgan fingerprint density at radius 3 is 2.45 bits per heavy atom. The highest BCUT2D eigenvalue weighted by Gasteiger charge is 2.20. The van der Waals surface area contributed by atoms with E-state index in [-0.39, 0.29) is 5.69 Å². The van der Waals surface area contributed by atoms with Crippen molar-refractivity contribution >= 4 is 34.6 Å². The molecule has 0 saturated carbocycles. The smallest absolute Gasteiger partial charge is 0.305 e. The summed E-state index contributed by atoms with van der Waals surface area (Å²) in [4.78, 5) is 23.9. The van der Waals surface area contributed by atoms with E-state index in [1.807, 2.05) is 11.0 Å². The van der Waals surface area contributed by atoms with Gasteiger partial charge in [-0.2, -0.15) is 0 Å². The van der Waals surface area contributed by atoms with E-state index in [1.165, 1.54) is 17.3 Å². The predicted molar refractivity (Wildman–Crippen MR) is 85.5 cm³/mol. The molecule has 0 N–H and O–H groups in total. The fourth-order valence-electron chi connectivity index (χ4n) is 2.34. The van der Waals surface area contributed by atoms with Crippen LogP contribution < -0.4 is 4.90 Å². The maximum absolute atomic E-state index is 10.6. The van der Waals surface area contributed by atoms with Gasteiger partial charge in [-0.1, -0.05) is 11.6 Å². The zero-order valence-corrected chi connectivity index (χ0v) is 13.3. The van der Waals surface area contributed by atoms with E-state index in [2.05, 4.69) is 20.9 Å². The molecule has 22 heavy (non-hydrogen) atoms. The molecule has 9 heteroatoms. The van der Waals surface area contributed by atoms with Crippen molar-refractivity contribution in [3.63, 3.8) is 0 Å². The van der Waals surface area contributed by atoms with Gasteiger partial charge >= 0.3 is 5.69 Å². The van der Waals surface area contributed by atoms with Gasteiger partial charge in [0, 0.05) is 37.6 Å². The first-order valence-electron chi connectivity index (χ1n) is 6.80. The van der Waals surface area contributed by atoms with Crippen molar-refractivity contribution in [1.29, 1.82) is 0 Å². The van der Waals surface area contributed by atoms with E-state index in [0.717, 1.165) is 37.1 Å².